The molecule has 162 valence electrons. The minimum absolute atomic E-state index is 0.299. The highest BCUT2D eigenvalue weighted by molar-refractivity contribution is 6.42. The second kappa shape index (κ2) is 8.74. The van der Waals surface area contributed by atoms with Crippen LogP contribution in [0.15, 0.2) is 91.0 Å². The van der Waals surface area contributed by atoms with E-state index in [-0.39, 0.29) is 5.91 Å². The highest BCUT2D eigenvalue weighted by atomic mass is 35.5. The summed E-state index contributed by atoms with van der Waals surface area (Å²) >= 11 is 12.1. The molecule has 5 rings (SSSR count). The van der Waals surface area contributed by atoms with Gasteiger partial charge in [-0.3, -0.25) is 4.79 Å². The number of para-hydroxylation sites is 1. The van der Waals surface area contributed by atoms with E-state index in [0.29, 0.717) is 21.4 Å². The Morgan fingerprint density at radius 1 is 0.818 bits per heavy atom. The largest absolute Gasteiger partial charge is 0.321 e. The van der Waals surface area contributed by atoms with Gasteiger partial charge in [-0.15, -0.1) is 0 Å². The molecule has 1 amide bonds. The lowest BCUT2D eigenvalue weighted by Gasteiger charge is -2.11. The number of amides is 1. The number of nitrogens with zero attached hydrogens (tertiary/aromatic N) is 2. The molecular formula is C27H19Cl2N3O. The summed E-state index contributed by atoms with van der Waals surface area (Å²) in [4.78, 5) is 13.1. The molecule has 1 aromatic heterocycles. The molecule has 1 N–H and O–H groups in total. The molecule has 0 saturated carbocycles. The number of carbonyl (C=O) groups excluding carboxylic acids is 1. The number of rotatable bonds is 4. The molecule has 0 aliphatic heterocycles. The van der Waals surface area contributed by atoms with Crippen LogP contribution in [-0.2, 0) is 0 Å². The fourth-order valence-electron chi connectivity index (χ4n) is 3.80. The Kier molecular flexibility index (Phi) is 5.63. The van der Waals surface area contributed by atoms with E-state index >= 15 is 0 Å². The van der Waals surface area contributed by atoms with Gasteiger partial charge in [0.15, 0.2) is 5.69 Å². The van der Waals surface area contributed by atoms with Crippen LogP contribution < -0.4 is 5.32 Å². The summed E-state index contributed by atoms with van der Waals surface area (Å²) in [6.07, 6.45) is 0. The third-order valence-electron chi connectivity index (χ3n) is 5.51. The molecule has 33 heavy (non-hydrogen) atoms. The van der Waals surface area contributed by atoms with Gasteiger partial charge in [0.25, 0.3) is 5.91 Å². The third-order valence-corrected chi connectivity index (χ3v) is 6.25. The Balaban J connectivity index is 1.60. The molecule has 4 aromatic carbocycles. The SMILES string of the molecule is Cc1ccccc1-n1nc(C(=O)Nc2ccc(Cl)c(Cl)c2)cc1-c1ccc2ccccc2c1. The fourth-order valence-corrected chi connectivity index (χ4v) is 4.10. The van der Waals surface area contributed by atoms with Gasteiger partial charge in [0, 0.05) is 11.3 Å². The van der Waals surface area contributed by atoms with Gasteiger partial charge in [0.1, 0.15) is 0 Å². The smallest absolute Gasteiger partial charge is 0.276 e. The van der Waals surface area contributed by atoms with E-state index in [0.717, 1.165) is 33.3 Å². The molecule has 0 fully saturated rings. The minimum Gasteiger partial charge on any atom is -0.321 e. The Bertz CT molecular complexity index is 1510. The first kappa shape index (κ1) is 21.3. The minimum atomic E-state index is -0.331. The maximum Gasteiger partial charge on any atom is 0.276 e. The summed E-state index contributed by atoms with van der Waals surface area (Å²) in [5, 5.41) is 10.6. The molecule has 0 saturated heterocycles. The normalized spacial score (nSPS) is 11.0. The number of fused-ring (bicyclic) bond motifs is 1. The van der Waals surface area contributed by atoms with Gasteiger partial charge in [-0.1, -0.05) is 77.8 Å². The predicted molar refractivity (Wildman–Crippen MR) is 136 cm³/mol. The van der Waals surface area contributed by atoms with Crippen molar-refractivity contribution in [2.24, 2.45) is 0 Å². The van der Waals surface area contributed by atoms with Crippen LogP contribution >= 0.6 is 23.2 Å². The third kappa shape index (κ3) is 4.23. The molecule has 4 nitrogen and oxygen atoms in total. The molecule has 0 atom stereocenters. The summed E-state index contributed by atoms with van der Waals surface area (Å²) in [6, 6.07) is 29.2. The van der Waals surface area contributed by atoms with E-state index in [2.05, 4.69) is 40.7 Å². The van der Waals surface area contributed by atoms with Crippen LogP contribution in [0.1, 0.15) is 16.1 Å². The quantitative estimate of drug-likeness (QED) is 0.293. The number of carbonyl (C=O) groups is 1. The summed E-state index contributed by atoms with van der Waals surface area (Å²) in [5.41, 5.74) is 4.61. The van der Waals surface area contributed by atoms with Crippen molar-refractivity contribution in [2.45, 2.75) is 6.92 Å². The van der Waals surface area contributed by atoms with Crippen LogP contribution in [0.4, 0.5) is 5.69 Å². The molecule has 5 aromatic rings. The Hall–Kier alpha value is -3.60. The maximum atomic E-state index is 13.1. The predicted octanol–water partition coefficient (Wildman–Crippen LogP) is 7.56. The van der Waals surface area contributed by atoms with Crippen molar-refractivity contribution in [2.75, 3.05) is 5.32 Å². The van der Waals surface area contributed by atoms with Crippen LogP contribution in [0.3, 0.4) is 0 Å². The van der Waals surface area contributed by atoms with Gasteiger partial charge in [0.05, 0.1) is 21.4 Å². The number of hydrogen-bond acceptors (Lipinski definition) is 2. The van der Waals surface area contributed by atoms with Gasteiger partial charge in [0.2, 0.25) is 0 Å². The molecule has 0 aliphatic rings. The van der Waals surface area contributed by atoms with Crippen molar-refractivity contribution >= 4 is 45.6 Å². The molecule has 0 bridgehead atoms. The zero-order valence-corrected chi connectivity index (χ0v) is 19.2. The zero-order chi connectivity index (χ0) is 22.9. The molecule has 1 heterocycles. The molecule has 6 heteroatoms. The fraction of sp³-hybridized carbons (Fsp3) is 0.0370. The summed E-state index contributed by atoms with van der Waals surface area (Å²) in [5.74, 6) is -0.331. The first-order valence-corrected chi connectivity index (χ1v) is 11.2. The first-order valence-electron chi connectivity index (χ1n) is 10.4. The summed E-state index contributed by atoms with van der Waals surface area (Å²) in [6.45, 7) is 2.02. The van der Waals surface area contributed by atoms with E-state index in [9.17, 15) is 4.79 Å². The van der Waals surface area contributed by atoms with E-state index in [1.54, 1.807) is 18.2 Å². The Labute approximate surface area is 201 Å². The summed E-state index contributed by atoms with van der Waals surface area (Å²) < 4.78 is 1.82. The van der Waals surface area contributed by atoms with Gasteiger partial charge < -0.3 is 5.32 Å². The number of benzene rings is 4. The molecular weight excluding hydrogens is 453 g/mol. The van der Waals surface area contributed by atoms with Crippen LogP contribution in [0, 0.1) is 6.92 Å². The second-order valence-electron chi connectivity index (χ2n) is 7.76. The molecule has 0 radical (unpaired) electrons. The van der Waals surface area contributed by atoms with E-state index in [4.69, 9.17) is 23.2 Å². The average Bonchev–Trinajstić information content (AvgIpc) is 3.27. The number of halogens is 2. The Morgan fingerprint density at radius 2 is 1.58 bits per heavy atom. The van der Waals surface area contributed by atoms with Crippen LogP contribution in [0.2, 0.25) is 10.0 Å². The van der Waals surface area contributed by atoms with Crippen molar-refractivity contribution in [1.82, 2.24) is 9.78 Å². The van der Waals surface area contributed by atoms with Crippen molar-refractivity contribution in [3.8, 4) is 16.9 Å². The first-order chi connectivity index (χ1) is 16.0. The number of anilines is 1. The molecule has 0 unspecified atom stereocenters. The number of aromatic nitrogens is 2. The van der Waals surface area contributed by atoms with Gasteiger partial charge >= 0.3 is 0 Å². The topological polar surface area (TPSA) is 46.9 Å². The number of aryl methyl sites for hydroxylation is 1. The van der Waals surface area contributed by atoms with E-state index < -0.39 is 0 Å². The van der Waals surface area contributed by atoms with Crippen LogP contribution in [-0.4, -0.2) is 15.7 Å². The number of hydrogen-bond donors (Lipinski definition) is 1. The van der Waals surface area contributed by atoms with Crippen molar-refractivity contribution in [3.63, 3.8) is 0 Å². The van der Waals surface area contributed by atoms with Crippen molar-refractivity contribution < 1.29 is 4.79 Å². The second-order valence-corrected chi connectivity index (χ2v) is 8.57. The Morgan fingerprint density at radius 3 is 2.36 bits per heavy atom. The zero-order valence-electron chi connectivity index (χ0n) is 17.7. The number of nitrogens with one attached hydrogen (secondary N) is 1. The monoisotopic (exact) mass is 471 g/mol. The lowest BCUT2D eigenvalue weighted by atomic mass is 10.0. The van der Waals surface area contributed by atoms with Gasteiger partial charge in [-0.05, 0) is 59.7 Å². The highest BCUT2D eigenvalue weighted by Crippen LogP contribution is 2.29. The van der Waals surface area contributed by atoms with Crippen LogP contribution in [0.25, 0.3) is 27.7 Å². The van der Waals surface area contributed by atoms with E-state index in [1.165, 1.54) is 0 Å². The van der Waals surface area contributed by atoms with Gasteiger partial charge in [-0.2, -0.15) is 5.10 Å². The lowest BCUT2D eigenvalue weighted by Crippen LogP contribution is -2.13. The molecule has 0 aliphatic carbocycles. The standard InChI is InChI=1S/C27H19Cl2N3O/c1-17-6-2-5-9-25(17)32-26(20-11-10-18-7-3-4-8-19(18)14-20)16-24(31-32)27(33)30-21-12-13-22(28)23(29)15-21/h2-16H,1H3,(H,30,33). The average molecular weight is 472 g/mol. The van der Waals surface area contributed by atoms with Crippen molar-refractivity contribution in [3.05, 3.63) is 112 Å². The van der Waals surface area contributed by atoms with Gasteiger partial charge in [-0.25, -0.2) is 4.68 Å². The van der Waals surface area contributed by atoms with Crippen molar-refractivity contribution in [1.29, 1.82) is 0 Å². The summed E-state index contributed by atoms with van der Waals surface area (Å²) in [7, 11) is 0. The molecule has 0 spiro atoms. The van der Waals surface area contributed by atoms with Crippen LogP contribution in [0.5, 0.6) is 0 Å². The highest BCUT2D eigenvalue weighted by Gasteiger charge is 2.18. The lowest BCUT2D eigenvalue weighted by molar-refractivity contribution is 0.102. The maximum absolute atomic E-state index is 13.1. The van der Waals surface area contributed by atoms with E-state index in [1.807, 2.05) is 54.1 Å².